The van der Waals surface area contributed by atoms with E-state index in [0.717, 1.165) is 5.56 Å². The maximum atomic E-state index is 12.5. The number of ether oxygens (including phenoxy) is 3. The van der Waals surface area contributed by atoms with Crippen LogP contribution in [0.2, 0.25) is 0 Å². The van der Waals surface area contributed by atoms with E-state index >= 15 is 0 Å². The van der Waals surface area contributed by atoms with E-state index in [-0.39, 0.29) is 6.04 Å². The molecule has 0 radical (unpaired) electrons. The zero-order valence-corrected chi connectivity index (χ0v) is 15.5. The third-order valence-corrected chi connectivity index (χ3v) is 5.25. The molecule has 1 aromatic carbocycles. The number of allylic oxidation sites excluding steroid dienone is 1. The van der Waals surface area contributed by atoms with Crippen molar-refractivity contribution in [2.24, 2.45) is 11.8 Å². The summed E-state index contributed by atoms with van der Waals surface area (Å²) < 4.78 is 15.5. The highest BCUT2D eigenvalue weighted by molar-refractivity contribution is 7.80. The zero-order chi connectivity index (χ0) is 18.7. The molecule has 7 heteroatoms. The Bertz CT molecular complexity index is 720. The monoisotopic (exact) mass is 375 g/mol. The molecular weight excluding hydrogens is 354 g/mol. The first-order valence-corrected chi connectivity index (χ1v) is 8.81. The fourth-order valence-corrected chi connectivity index (χ4v) is 3.98. The van der Waals surface area contributed by atoms with Gasteiger partial charge in [0.05, 0.1) is 38.1 Å². The number of esters is 2. The van der Waals surface area contributed by atoms with E-state index in [9.17, 15) is 9.59 Å². The van der Waals surface area contributed by atoms with Crippen LogP contribution >= 0.6 is 12.2 Å². The van der Waals surface area contributed by atoms with E-state index in [1.54, 1.807) is 0 Å². The highest BCUT2D eigenvalue weighted by Crippen LogP contribution is 2.38. The van der Waals surface area contributed by atoms with Crippen LogP contribution in [0.25, 0.3) is 0 Å². The average molecular weight is 375 g/mol. The minimum atomic E-state index is -0.719. The number of hydrogen-bond donors (Lipinski definition) is 0. The molecule has 3 rings (SSSR count). The second-order valence-electron chi connectivity index (χ2n) is 6.24. The number of carbonyl (C=O) groups excluding carboxylic acids is 2. The van der Waals surface area contributed by atoms with Gasteiger partial charge in [0.2, 0.25) is 0 Å². The van der Waals surface area contributed by atoms with Crippen molar-refractivity contribution in [1.29, 1.82) is 0 Å². The smallest absolute Gasteiger partial charge is 0.311 e. The molecule has 1 heterocycles. The predicted octanol–water partition coefficient (Wildman–Crippen LogP) is 2.25. The van der Waals surface area contributed by atoms with Gasteiger partial charge in [0.15, 0.2) is 0 Å². The number of rotatable bonds is 4. The van der Waals surface area contributed by atoms with Crippen LogP contribution in [0.15, 0.2) is 42.5 Å². The van der Waals surface area contributed by atoms with Crippen molar-refractivity contribution >= 4 is 29.3 Å². The largest absolute Gasteiger partial charge is 0.469 e. The van der Waals surface area contributed by atoms with Crippen molar-refractivity contribution in [2.45, 2.75) is 18.5 Å². The van der Waals surface area contributed by atoms with Crippen molar-refractivity contribution in [1.82, 2.24) is 4.90 Å². The summed E-state index contributed by atoms with van der Waals surface area (Å²) in [6.45, 7) is 0.393. The Balaban J connectivity index is 1.99. The maximum Gasteiger partial charge on any atom is 0.311 e. The first-order chi connectivity index (χ1) is 12.6. The van der Waals surface area contributed by atoms with Crippen molar-refractivity contribution in [3.63, 3.8) is 0 Å². The van der Waals surface area contributed by atoms with Crippen LogP contribution in [0.3, 0.4) is 0 Å². The molecule has 1 aliphatic heterocycles. The molecule has 0 spiro atoms. The quantitative estimate of drug-likeness (QED) is 0.454. The van der Waals surface area contributed by atoms with Crippen LogP contribution < -0.4 is 0 Å². The first kappa shape index (κ1) is 18.4. The van der Waals surface area contributed by atoms with Crippen molar-refractivity contribution in [3.05, 3.63) is 48.0 Å². The molecule has 0 N–H and O–H groups in total. The molecular formula is C19H21NO5S. The van der Waals surface area contributed by atoms with Gasteiger partial charge in [0.25, 0.3) is 5.17 Å². The number of methoxy groups -OCH3 is 2. The molecule has 0 aromatic heterocycles. The SMILES string of the molecule is COC(=O)[C@H]1[C@H](N2C(=S)OC[C@H]2c2ccccc2)C=CC[C@H]1C(=O)OC. The lowest BCUT2D eigenvalue weighted by Gasteiger charge is -2.39. The van der Waals surface area contributed by atoms with E-state index in [1.165, 1.54) is 14.2 Å². The molecule has 1 saturated heterocycles. The molecule has 1 aliphatic carbocycles. The van der Waals surface area contributed by atoms with Crippen LogP contribution in [0, 0.1) is 11.8 Å². The Morgan fingerprint density at radius 3 is 2.50 bits per heavy atom. The number of benzene rings is 1. The van der Waals surface area contributed by atoms with Gasteiger partial charge in [-0.2, -0.15) is 0 Å². The first-order valence-electron chi connectivity index (χ1n) is 8.40. The van der Waals surface area contributed by atoms with Gasteiger partial charge in [-0.1, -0.05) is 42.5 Å². The number of thiocarbonyl (C=S) groups is 1. The van der Waals surface area contributed by atoms with Gasteiger partial charge in [0.1, 0.15) is 6.61 Å². The van der Waals surface area contributed by atoms with E-state index in [4.69, 9.17) is 26.4 Å². The van der Waals surface area contributed by atoms with Crippen molar-refractivity contribution in [2.75, 3.05) is 20.8 Å². The fraction of sp³-hybridized carbons (Fsp3) is 0.421. The van der Waals surface area contributed by atoms with Gasteiger partial charge in [-0.25, -0.2) is 0 Å². The highest BCUT2D eigenvalue weighted by Gasteiger charge is 2.48. The molecule has 1 aromatic rings. The van der Waals surface area contributed by atoms with Crippen LogP contribution in [0.5, 0.6) is 0 Å². The highest BCUT2D eigenvalue weighted by atomic mass is 32.1. The Kier molecular flexibility index (Phi) is 5.56. The molecule has 2 aliphatic rings. The number of hydrogen-bond acceptors (Lipinski definition) is 6. The Morgan fingerprint density at radius 1 is 1.15 bits per heavy atom. The minimum absolute atomic E-state index is 0.137. The summed E-state index contributed by atoms with van der Waals surface area (Å²) >= 11 is 5.41. The van der Waals surface area contributed by atoms with Crippen LogP contribution in [-0.4, -0.2) is 48.9 Å². The molecule has 0 bridgehead atoms. The number of carbonyl (C=O) groups is 2. The summed E-state index contributed by atoms with van der Waals surface area (Å²) in [5.41, 5.74) is 1.03. The molecule has 26 heavy (non-hydrogen) atoms. The van der Waals surface area contributed by atoms with Gasteiger partial charge in [0, 0.05) is 0 Å². The molecule has 0 amide bonds. The van der Waals surface area contributed by atoms with Gasteiger partial charge < -0.3 is 19.1 Å². The van der Waals surface area contributed by atoms with E-state index in [2.05, 4.69) is 0 Å². The molecule has 0 unspecified atom stereocenters. The van der Waals surface area contributed by atoms with Gasteiger partial charge in [-0.15, -0.1) is 0 Å². The summed E-state index contributed by atoms with van der Waals surface area (Å²) in [4.78, 5) is 26.7. The van der Waals surface area contributed by atoms with E-state index in [0.29, 0.717) is 18.2 Å². The van der Waals surface area contributed by atoms with Crippen LogP contribution in [0.4, 0.5) is 0 Å². The Morgan fingerprint density at radius 2 is 1.85 bits per heavy atom. The lowest BCUT2D eigenvalue weighted by molar-refractivity contribution is -0.159. The molecule has 0 saturated carbocycles. The molecule has 4 atom stereocenters. The standard InChI is InChI=1S/C19H21NO5S/c1-23-17(21)13-9-6-10-14(16(13)18(22)24-2)20-15(11-25-19(20)26)12-7-4-3-5-8-12/h3-8,10,13-16H,9,11H2,1-2H3/t13-,14-,15+,16-/m1/s1. The van der Waals surface area contributed by atoms with Gasteiger partial charge >= 0.3 is 11.9 Å². The second-order valence-corrected chi connectivity index (χ2v) is 6.59. The average Bonchev–Trinajstić information content (AvgIpc) is 3.08. The van der Waals surface area contributed by atoms with Crippen LogP contribution in [-0.2, 0) is 23.8 Å². The summed E-state index contributed by atoms with van der Waals surface area (Å²) in [6, 6.07) is 9.23. The number of nitrogens with zero attached hydrogens (tertiary/aromatic N) is 1. The van der Waals surface area contributed by atoms with Crippen molar-refractivity contribution < 1.29 is 23.8 Å². The summed E-state index contributed by atoms with van der Waals surface area (Å²) in [5.74, 6) is -2.24. The summed E-state index contributed by atoms with van der Waals surface area (Å²) in [5, 5.41) is 0.313. The lowest BCUT2D eigenvalue weighted by Crippen LogP contribution is -2.50. The summed E-state index contributed by atoms with van der Waals surface area (Å²) in [7, 11) is 2.64. The van der Waals surface area contributed by atoms with Gasteiger partial charge in [-0.3, -0.25) is 9.59 Å². The van der Waals surface area contributed by atoms with Crippen LogP contribution in [0.1, 0.15) is 18.0 Å². The van der Waals surface area contributed by atoms with E-state index in [1.807, 2.05) is 47.4 Å². The molecule has 6 nitrogen and oxygen atoms in total. The zero-order valence-electron chi connectivity index (χ0n) is 14.7. The Hall–Kier alpha value is -2.41. The third-order valence-electron chi connectivity index (χ3n) is 4.92. The predicted molar refractivity (Wildman–Crippen MR) is 98.1 cm³/mol. The maximum absolute atomic E-state index is 12.5. The Labute approximate surface area is 157 Å². The minimum Gasteiger partial charge on any atom is -0.469 e. The topological polar surface area (TPSA) is 65.1 Å². The van der Waals surface area contributed by atoms with Gasteiger partial charge in [-0.05, 0) is 24.2 Å². The third kappa shape index (κ3) is 3.31. The lowest BCUT2D eigenvalue weighted by atomic mass is 9.78. The normalized spacial score (nSPS) is 27.8. The van der Waals surface area contributed by atoms with E-state index < -0.39 is 29.8 Å². The molecule has 138 valence electrons. The fourth-order valence-electron chi connectivity index (χ4n) is 3.66. The van der Waals surface area contributed by atoms with Crippen molar-refractivity contribution in [3.8, 4) is 0 Å². The molecule has 1 fully saturated rings. The second kappa shape index (κ2) is 7.86. The summed E-state index contributed by atoms with van der Waals surface area (Å²) in [6.07, 6.45) is 4.20.